The molecule has 1 fully saturated rings. The van der Waals surface area contributed by atoms with Crippen LogP contribution in [0.25, 0.3) is 0 Å². The number of amides is 2. The summed E-state index contributed by atoms with van der Waals surface area (Å²) in [5.74, 6) is 0.470. The van der Waals surface area contributed by atoms with Crippen molar-refractivity contribution < 1.29 is 19.1 Å². The Morgan fingerprint density at radius 3 is 2.52 bits per heavy atom. The number of carbonyl (C=O) groups excluding carboxylic acids is 2. The molecule has 0 radical (unpaired) electrons. The summed E-state index contributed by atoms with van der Waals surface area (Å²) in [6.45, 7) is 0. The standard InChI is InChI=1S/C20H23N3O4/c1-26-15-7-8-18(27-2)16(12-15)23-20(25)17-11-13(9-10-21-17)19(24)22-14-5-3-4-6-14/h7-12,14H,3-6H2,1-2H3,(H,22,24)(H,23,25). The second kappa shape index (κ2) is 8.53. The molecule has 2 amide bonds. The molecule has 3 rings (SSSR count). The molecular formula is C20H23N3O4. The molecule has 7 heteroatoms. The molecule has 2 aromatic rings. The van der Waals surface area contributed by atoms with Crippen molar-refractivity contribution in [2.75, 3.05) is 19.5 Å². The molecule has 1 aromatic carbocycles. The first-order valence-corrected chi connectivity index (χ1v) is 8.91. The van der Waals surface area contributed by atoms with Crippen molar-refractivity contribution in [3.63, 3.8) is 0 Å². The summed E-state index contributed by atoms with van der Waals surface area (Å²) in [5, 5.41) is 5.76. The summed E-state index contributed by atoms with van der Waals surface area (Å²) in [6.07, 6.45) is 5.73. The zero-order valence-corrected chi connectivity index (χ0v) is 15.5. The number of rotatable bonds is 6. The topological polar surface area (TPSA) is 89.5 Å². The minimum atomic E-state index is -0.433. The van der Waals surface area contributed by atoms with Crippen LogP contribution in [0.2, 0.25) is 0 Å². The molecule has 1 aromatic heterocycles. The molecule has 7 nitrogen and oxygen atoms in total. The Hall–Kier alpha value is -3.09. The molecule has 1 saturated carbocycles. The van der Waals surface area contributed by atoms with E-state index < -0.39 is 5.91 Å². The quantitative estimate of drug-likeness (QED) is 0.817. The number of anilines is 1. The Kier molecular flexibility index (Phi) is 5.90. The van der Waals surface area contributed by atoms with Crippen LogP contribution in [-0.2, 0) is 0 Å². The molecule has 0 spiro atoms. The monoisotopic (exact) mass is 369 g/mol. The highest BCUT2D eigenvalue weighted by Gasteiger charge is 2.19. The number of methoxy groups -OCH3 is 2. The fourth-order valence-electron chi connectivity index (χ4n) is 3.13. The summed E-state index contributed by atoms with van der Waals surface area (Å²) < 4.78 is 10.4. The molecule has 0 atom stereocenters. The third-order valence-corrected chi connectivity index (χ3v) is 4.60. The molecule has 27 heavy (non-hydrogen) atoms. The van der Waals surface area contributed by atoms with Crippen LogP contribution in [0.5, 0.6) is 11.5 Å². The van der Waals surface area contributed by atoms with Crippen LogP contribution in [0.15, 0.2) is 36.5 Å². The lowest BCUT2D eigenvalue weighted by atomic mass is 10.1. The molecular weight excluding hydrogens is 346 g/mol. The number of benzene rings is 1. The van der Waals surface area contributed by atoms with E-state index >= 15 is 0 Å². The van der Waals surface area contributed by atoms with Crippen molar-refractivity contribution >= 4 is 17.5 Å². The second-order valence-corrected chi connectivity index (χ2v) is 6.40. The van der Waals surface area contributed by atoms with Crippen LogP contribution in [0.1, 0.15) is 46.5 Å². The van der Waals surface area contributed by atoms with Crippen molar-refractivity contribution in [2.45, 2.75) is 31.7 Å². The molecule has 1 heterocycles. The average molecular weight is 369 g/mol. The van der Waals surface area contributed by atoms with E-state index in [9.17, 15) is 9.59 Å². The number of aromatic nitrogens is 1. The first kappa shape index (κ1) is 18.7. The van der Waals surface area contributed by atoms with Gasteiger partial charge in [-0.15, -0.1) is 0 Å². The van der Waals surface area contributed by atoms with E-state index in [1.54, 1.807) is 31.4 Å². The molecule has 0 unspecified atom stereocenters. The van der Waals surface area contributed by atoms with Gasteiger partial charge < -0.3 is 20.1 Å². The normalized spacial score (nSPS) is 13.9. The van der Waals surface area contributed by atoms with Gasteiger partial charge in [0.15, 0.2) is 0 Å². The first-order chi connectivity index (χ1) is 13.1. The van der Waals surface area contributed by atoms with Gasteiger partial charge in [0.2, 0.25) is 0 Å². The molecule has 1 aliphatic rings. The fraction of sp³-hybridized carbons (Fsp3) is 0.350. The minimum Gasteiger partial charge on any atom is -0.497 e. The van der Waals surface area contributed by atoms with Crippen molar-refractivity contribution in [3.05, 3.63) is 47.8 Å². The lowest BCUT2D eigenvalue weighted by Crippen LogP contribution is -2.32. The number of pyridine rings is 1. The van der Waals surface area contributed by atoms with E-state index in [0.717, 1.165) is 25.7 Å². The molecule has 0 saturated heterocycles. The lowest BCUT2D eigenvalue weighted by Gasteiger charge is -2.13. The van der Waals surface area contributed by atoms with Gasteiger partial charge in [0, 0.05) is 23.9 Å². The van der Waals surface area contributed by atoms with Crippen LogP contribution in [0, 0.1) is 0 Å². The van der Waals surface area contributed by atoms with Crippen LogP contribution in [0.3, 0.4) is 0 Å². The van der Waals surface area contributed by atoms with Gasteiger partial charge in [-0.3, -0.25) is 14.6 Å². The molecule has 2 N–H and O–H groups in total. The SMILES string of the molecule is COc1ccc(OC)c(NC(=O)c2cc(C(=O)NC3CCCC3)ccn2)c1. The Bertz CT molecular complexity index is 832. The lowest BCUT2D eigenvalue weighted by molar-refractivity contribution is 0.0937. The van der Waals surface area contributed by atoms with E-state index in [-0.39, 0.29) is 17.6 Å². The van der Waals surface area contributed by atoms with Gasteiger partial charge in [-0.1, -0.05) is 12.8 Å². The first-order valence-electron chi connectivity index (χ1n) is 8.91. The molecule has 142 valence electrons. The zero-order chi connectivity index (χ0) is 19.2. The highest BCUT2D eigenvalue weighted by molar-refractivity contribution is 6.05. The molecule has 1 aliphatic carbocycles. The number of carbonyl (C=O) groups is 2. The summed E-state index contributed by atoms with van der Waals surface area (Å²) in [5.41, 5.74) is 1.03. The van der Waals surface area contributed by atoms with Crippen molar-refractivity contribution in [3.8, 4) is 11.5 Å². The molecule has 0 aliphatic heterocycles. The maximum Gasteiger partial charge on any atom is 0.274 e. The second-order valence-electron chi connectivity index (χ2n) is 6.40. The summed E-state index contributed by atoms with van der Waals surface area (Å²) in [7, 11) is 3.06. The Balaban J connectivity index is 1.74. The Morgan fingerprint density at radius 1 is 1.04 bits per heavy atom. The maximum atomic E-state index is 12.6. The van der Waals surface area contributed by atoms with Gasteiger partial charge in [0.05, 0.1) is 19.9 Å². The predicted octanol–water partition coefficient (Wildman–Crippen LogP) is 3.02. The number of ether oxygens (including phenoxy) is 2. The van der Waals surface area contributed by atoms with Crippen molar-refractivity contribution in [1.82, 2.24) is 10.3 Å². The van der Waals surface area contributed by atoms with Gasteiger partial charge in [0.1, 0.15) is 17.2 Å². The maximum absolute atomic E-state index is 12.6. The van der Waals surface area contributed by atoms with Gasteiger partial charge in [-0.25, -0.2) is 0 Å². The van der Waals surface area contributed by atoms with E-state index in [1.165, 1.54) is 19.4 Å². The highest BCUT2D eigenvalue weighted by atomic mass is 16.5. The number of hydrogen-bond donors (Lipinski definition) is 2. The van der Waals surface area contributed by atoms with Gasteiger partial charge >= 0.3 is 0 Å². The van der Waals surface area contributed by atoms with Gasteiger partial charge in [-0.2, -0.15) is 0 Å². The van der Waals surface area contributed by atoms with E-state index in [0.29, 0.717) is 22.7 Å². The minimum absolute atomic E-state index is 0.152. The largest absolute Gasteiger partial charge is 0.497 e. The van der Waals surface area contributed by atoms with E-state index in [2.05, 4.69) is 15.6 Å². The zero-order valence-electron chi connectivity index (χ0n) is 15.5. The van der Waals surface area contributed by atoms with Crippen LogP contribution >= 0.6 is 0 Å². The third kappa shape index (κ3) is 4.55. The fourth-order valence-corrected chi connectivity index (χ4v) is 3.13. The van der Waals surface area contributed by atoms with Crippen LogP contribution < -0.4 is 20.1 Å². The Morgan fingerprint density at radius 2 is 1.81 bits per heavy atom. The Labute approximate surface area is 158 Å². The predicted molar refractivity (Wildman–Crippen MR) is 101 cm³/mol. The van der Waals surface area contributed by atoms with Gasteiger partial charge in [-0.05, 0) is 37.1 Å². The average Bonchev–Trinajstić information content (AvgIpc) is 3.21. The van der Waals surface area contributed by atoms with Crippen molar-refractivity contribution in [1.29, 1.82) is 0 Å². The smallest absolute Gasteiger partial charge is 0.274 e. The van der Waals surface area contributed by atoms with Crippen LogP contribution in [-0.4, -0.2) is 37.1 Å². The van der Waals surface area contributed by atoms with E-state index in [4.69, 9.17) is 9.47 Å². The molecule has 0 bridgehead atoms. The number of nitrogens with one attached hydrogen (secondary N) is 2. The summed E-state index contributed by atoms with van der Waals surface area (Å²) >= 11 is 0. The van der Waals surface area contributed by atoms with Crippen molar-refractivity contribution in [2.24, 2.45) is 0 Å². The summed E-state index contributed by atoms with van der Waals surface area (Å²) in [4.78, 5) is 29.1. The summed E-state index contributed by atoms with van der Waals surface area (Å²) in [6, 6.07) is 8.41. The number of hydrogen-bond acceptors (Lipinski definition) is 5. The third-order valence-electron chi connectivity index (χ3n) is 4.60. The number of nitrogens with zero attached hydrogens (tertiary/aromatic N) is 1. The van der Waals surface area contributed by atoms with Crippen LogP contribution in [0.4, 0.5) is 5.69 Å². The van der Waals surface area contributed by atoms with Gasteiger partial charge in [0.25, 0.3) is 11.8 Å². The highest BCUT2D eigenvalue weighted by Crippen LogP contribution is 2.29. The van der Waals surface area contributed by atoms with E-state index in [1.807, 2.05) is 0 Å².